The molecule has 0 saturated carbocycles. The maximum Gasteiger partial charge on any atom is 0.251 e. The maximum atomic E-state index is 12.5. The van der Waals surface area contributed by atoms with Crippen LogP contribution in [0, 0.1) is 13.8 Å². The molecule has 0 aliphatic carbocycles. The van der Waals surface area contributed by atoms with Crippen molar-refractivity contribution in [3.8, 4) is 0 Å². The summed E-state index contributed by atoms with van der Waals surface area (Å²) in [5.74, 6) is 0.653. The topological polar surface area (TPSA) is 96.9 Å². The number of anilines is 1. The van der Waals surface area contributed by atoms with Gasteiger partial charge in [0.1, 0.15) is 0 Å². The van der Waals surface area contributed by atoms with E-state index in [0.29, 0.717) is 25.3 Å². The van der Waals surface area contributed by atoms with Crippen molar-refractivity contribution in [1.82, 2.24) is 25.1 Å². The zero-order valence-electron chi connectivity index (χ0n) is 16.2. The first-order valence-electron chi connectivity index (χ1n) is 8.99. The average Bonchev–Trinajstić information content (AvgIpc) is 3.15. The molecule has 3 rings (SSSR count). The van der Waals surface area contributed by atoms with Crippen LogP contribution in [-0.2, 0) is 18.2 Å². The molecule has 0 fully saturated rings. The molecule has 144 valence electrons. The lowest BCUT2D eigenvalue weighted by molar-refractivity contribution is 0.0954. The standard InChI is InChI=1S/C19H26N6O2/c1-12-15(13(2)24-23-12)7-8-20-18(26)14-5-6-17-16(11-14)22-19(25(17)3)21-9-10-27-4/h5-6,11H,7-10H2,1-4H3,(H,20,26)(H,21,22)(H,23,24). The number of amides is 1. The van der Waals surface area contributed by atoms with Crippen molar-refractivity contribution in [3.63, 3.8) is 0 Å². The minimum absolute atomic E-state index is 0.102. The van der Waals surface area contributed by atoms with Gasteiger partial charge in [0.05, 0.1) is 23.3 Å². The van der Waals surface area contributed by atoms with Crippen LogP contribution in [0.2, 0.25) is 0 Å². The highest BCUT2D eigenvalue weighted by molar-refractivity contribution is 5.97. The Labute approximate surface area is 158 Å². The van der Waals surface area contributed by atoms with Gasteiger partial charge in [0.25, 0.3) is 5.91 Å². The molecule has 0 saturated heterocycles. The molecule has 0 radical (unpaired) electrons. The van der Waals surface area contributed by atoms with Crippen molar-refractivity contribution in [1.29, 1.82) is 0 Å². The number of aromatic nitrogens is 4. The molecule has 2 heterocycles. The number of imidazole rings is 1. The molecule has 0 aliphatic rings. The first-order valence-corrected chi connectivity index (χ1v) is 8.99. The maximum absolute atomic E-state index is 12.5. The molecule has 0 atom stereocenters. The number of methoxy groups -OCH3 is 1. The van der Waals surface area contributed by atoms with Gasteiger partial charge in [-0.05, 0) is 44.0 Å². The Morgan fingerprint density at radius 3 is 2.81 bits per heavy atom. The lowest BCUT2D eigenvalue weighted by Crippen LogP contribution is -2.25. The number of rotatable bonds is 8. The van der Waals surface area contributed by atoms with Crippen LogP contribution in [0.25, 0.3) is 11.0 Å². The second-order valence-electron chi connectivity index (χ2n) is 6.54. The van der Waals surface area contributed by atoms with Crippen LogP contribution in [0.15, 0.2) is 18.2 Å². The second-order valence-corrected chi connectivity index (χ2v) is 6.54. The summed E-state index contributed by atoms with van der Waals surface area (Å²) in [4.78, 5) is 17.1. The van der Waals surface area contributed by atoms with Crippen LogP contribution in [0.5, 0.6) is 0 Å². The van der Waals surface area contributed by atoms with Crippen molar-refractivity contribution in [3.05, 3.63) is 40.7 Å². The van der Waals surface area contributed by atoms with Crippen LogP contribution in [-0.4, -0.2) is 52.5 Å². The van der Waals surface area contributed by atoms with Gasteiger partial charge in [0.2, 0.25) is 5.95 Å². The molecular weight excluding hydrogens is 344 g/mol. The van der Waals surface area contributed by atoms with E-state index in [-0.39, 0.29) is 5.91 Å². The molecule has 2 aromatic heterocycles. The number of fused-ring (bicyclic) bond motifs is 1. The number of benzene rings is 1. The summed E-state index contributed by atoms with van der Waals surface area (Å²) in [5.41, 5.74) is 5.53. The van der Waals surface area contributed by atoms with Gasteiger partial charge in [0, 0.05) is 38.5 Å². The summed E-state index contributed by atoms with van der Waals surface area (Å²) in [6, 6.07) is 5.57. The third kappa shape index (κ3) is 4.11. The van der Waals surface area contributed by atoms with E-state index >= 15 is 0 Å². The van der Waals surface area contributed by atoms with Gasteiger partial charge < -0.3 is 19.9 Å². The molecule has 0 unspecified atom stereocenters. The van der Waals surface area contributed by atoms with Gasteiger partial charge in [0.15, 0.2) is 0 Å². The van der Waals surface area contributed by atoms with E-state index in [1.807, 2.05) is 43.7 Å². The van der Waals surface area contributed by atoms with Gasteiger partial charge in [-0.2, -0.15) is 5.10 Å². The van der Waals surface area contributed by atoms with Gasteiger partial charge in [-0.1, -0.05) is 0 Å². The molecule has 27 heavy (non-hydrogen) atoms. The van der Waals surface area contributed by atoms with Crippen LogP contribution < -0.4 is 10.6 Å². The zero-order valence-corrected chi connectivity index (χ0v) is 16.2. The Morgan fingerprint density at radius 2 is 2.11 bits per heavy atom. The van der Waals surface area contributed by atoms with Gasteiger partial charge in [-0.3, -0.25) is 9.89 Å². The number of aryl methyl sites for hydroxylation is 3. The van der Waals surface area contributed by atoms with Gasteiger partial charge >= 0.3 is 0 Å². The highest BCUT2D eigenvalue weighted by Crippen LogP contribution is 2.19. The number of H-pyrrole nitrogens is 1. The predicted octanol–water partition coefficient (Wildman–Crippen LogP) is 1.94. The molecule has 1 amide bonds. The number of carbonyl (C=O) groups excluding carboxylic acids is 1. The minimum atomic E-state index is -0.102. The fourth-order valence-electron chi connectivity index (χ4n) is 3.11. The number of hydrogen-bond acceptors (Lipinski definition) is 5. The van der Waals surface area contributed by atoms with Crippen LogP contribution >= 0.6 is 0 Å². The molecule has 8 heteroatoms. The number of carbonyl (C=O) groups is 1. The largest absolute Gasteiger partial charge is 0.383 e. The van der Waals surface area contributed by atoms with Crippen molar-refractivity contribution < 1.29 is 9.53 Å². The van der Waals surface area contributed by atoms with Crippen LogP contribution in [0.1, 0.15) is 27.3 Å². The molecule has 1 aromatic carbocycles. The Bertz CT molecular complexity index is 924. The van der Waals surface area contributed by atoms with Crippen LogP contribution in [0.3, 0.4) is 0 Å². The van der Waals surface area contributed by atoms with E-state index in [1.165, 1.54) is 0 Å². The number of nitrogens with one attached hydrogen (secondary N) is 3. The summed E-state index contributed by atoms with van der Waals surface area (Å²) in [6.45, 7) is 5.79. The van der Waals surface area contributed by atoms with Crippen molar-refractivity contribution in [2.24, 2.45) is 7.05 Å². The molecule has 0 aliphatic heterocycles. The normalized spacial score (nSPS) is 11.1. The number of nitrogens with zero attached hydrogens (tertiary/aromatic N) is 3. The van der Waals surface area contributed by atoms with Crippen molar-refractivity contribution in [2.45, 2.75) is 20.3 Å². The van der Waals surface area contributed by atoms with Crippen molar-refractivity contribution in [2.75, 3.05) is 32.1 Å². The van der Waals surface area contributed by atoms with E-state index in [2.05, 4.69) is 25.8 Å². The molecule has 3 aromatic rings. The lowest BCUT2D eigenvalue weighted by Gasteiger charge is -2.06. The third-order valence-corrected chi connectivity index (χ3v) is 4.67. The van der Waals surface area contributed by atoms with E-state index < -0.39 is 0 Å². The monoisotopic (exact) mass is 370 g/mol. The lowest BCUT2D eigenvalue weighted by atomic mass is 10.1. The molecule has 0 spiro atoms. The van der Waals surface area contributed by atoms with E-state index in [1.54, 1.807) is 7.11 Å². The number of hydrogen-bond donors (Lipinski definition) is 3. The number of ether oxygens (including phenoxy) is 1. The summed E-state index contributed by atoms with van der Waals surface area (Å²) in [6.07, 6.45) is 0.749. The van der Waals surface area contributed by atoms with Crippen molar-refractivity contribution >= 4 is 22.9 Å². The van der Waals surface area contributed by atoms with E-state index in [0.717, 1.165) is 40.4 Å². The first-order chi connectivity index (χ1) is 13.0. The molecule has 8 nitrogen and oxygen atoms in total. The predicted molar refractivity (Wildman–Crippen MR) is 105 cm³/mol. The Balaban J connectivity index is 1.66. The fraction of sp³-hybridized carbons (Fsp3) is 0.421. The summed E-state index contributed by atoms with van der Waals surface area (Å²) in [7, 11) is 3.61. The van der Waals surface area contributed by atoms with Gasteiger partial charge in [-0.25, -0.2) is 4.98 Å². The number of aromatic amines is 1. The smallest absolute Gasteiger partial charge is 0.251 e. The van der Waals surface area contributed by atoms with Gasteiger partial charge in [-0.15, -0.1) is 0 Å². The fourth-order valence-corrected chi connectivity index (χ4v) is 3.11. The SMILES string of the molecule is COCCNc1nc2cc(C(=O)NCCc3c(C)n[nH]c3C)ccc2n1C. The second kappa shape index (κ2) is 8.22. The first kappa shape index (κ1) is 18.9. The molecule has 0 bridgehead atoms. The quantitative estimate of drug-likeness (QED) is 0.527. The Morgan fingerprint density at radius 1 is 1.30 bits per heavy atom. The average molecular weight is 370 g/mol. The minimum Gasteiger partial charge on any atom is -0.383 e. The van der Waals surface area contributed by atoms with Crippen LogP contribution in [0.4, 0.5) is 5.95 Å². The highest BCUT2D eigenvalue weighted by atomic mass is 16.5. The molecule has 3 N–H and O–H groups in total. The third-order valence-electron chi connectivity index (χ3n) is 4.67. The van der Waals surface area contributed by atoms with E-state index in [4.69, 9.17) is 4.74 Å². The highest BCUT2D eigenvalue weighted by Gasteiger charge is 2.12. The summed E-state index contributed by atoms with van der Waals surface area (Å²) < 4.78 is 7.02. The molecular formula is C19H26N6O2. The van der Waals surface area contributed by atoms with E-state index in [9.17, 15) is 4.79 Å². The Hall–Kier alpha value is -2.87. The zero-order chi connectivity index (χ0) is 19.4. The summed E-state index contributed by atoms with van der Waals surface area (Å²) in [5, 5.41) is 13.3. The summed E-state index contributed by atoms with van der Waals surface area (Å²) >= 11 is 0. The Kier molecular flexibility index (Phi) is 5.75.